The summed E-state index contributed by atoms with van der Waals surface area (Å²) in [7, 11) is -0.243. The van der Waals surface area contributed by atoms with Gasteiger partial charge >= 0.3 is 7.12 Å². The Morgan fingerprint density at radius 2 is 1.43 bits per heavy atom. The summed E-state index contributed by atoms with van der Waals surface area (Å²) in [5.74, 6) is 0. The Labute approximate surface area is 128 Å². The summed E-state index contributed by atoms with van der Waals surface area (Å²) < 4.78 is 11.9. The molecule has 21 heavy (non-hydrogen) atoms. The SMILES string of the molecule is CCCCOB(OCCCC)c1ccc2ccccc2c1. The van der Waals surface area contributed by atoms with Crippen LogP contribution in [0.2, 0.25) is 0 Å². The molecule has 2 rings (SSSR count). The van der Waals surface area contributed by atoms with Gasteiger partial charge in [0, 0.05) is 13.2 Å². The van der Waals surface area contributed by atoms with Crippen molar-refractivity contribution in [3.05, 3.63) is 42.5 Å². The minimum absolute atomic E-state index is 0.243. The van der Waals surface area contributed by atoms with Gasteiger partial charge in [-0.3, -0.25) is 0 Å². The van der Waals surface area contributed by atoms with Crippen LogP contribution in [0.3, 0.4) is 0 Å². The van der Waals surface area contributed by atoms with Gasteiger partial charge in [-0.25, -0.2) is 0 Å². The van der Waals surface area contributed by atoms with E-state index in [9.17, 15) is 0 Å². The molecule has 2 aromatic rings. The van der Waals surface area contributed by atoms with Crippen LogP contribution in [0.1, 0.15) is 39.5 Å². The molecule has 2 nitrogen and oxygen atoms in total. The molecule has 0 saturated heterocycles. The average Bonchev–Trinajstić information content (AvgIpc) is 2.53. The first-order valence-corrected chi connectivity index (χ1v) is 8.07. The molecule has 0 aliphatic heterocycles. The van der Waals surface area contributed by atoms with Crippen LogP contribution >= 0.6 is 0 Å². The first-order valence-electron chi connectivity index (χ1n) is 8.07. The van der Waals surface area contributed by atoms with Gasteiger partial charge in [-0.15, -0.1) is 0 Å². The van der Waals surface area contributed by atoms with Gasteiger partial charge in [0.1, 0.15) is 0 Å². The fourth-order valence-electron chi connectivity index (χ4n) is 2.26. The minimum Gasteiger partial charge on any atom is -0.407 e. The van der Waals surface area contributed by atoms with Crippen molar-refractivity contribution in [1.29, 1.82) is 0 Å². The van der Waals surface area contributed by atoms with Crippen molar-refractivity contribution in [2.24, 2.45) is 0 Å². The lowest BCUT2D eigenvalue weighted by Gasteiger charge is -2.15. The summed E-state index contributed by atoms with van der Waals surface area (Å²) in [6.45, 7) is 5.85. The second kappa shape index (κ2) is 8.86. The van der Waals surface area contributed by atoms with E-state index in [2.05, 4.69) is 56.3 Å². The van der Waals surface area contributed by atoms with Crippen LogP contribution in [0.15, 0.2) is 42.5 Å². The topological polar surface area (TPSA) is 18.5 Å². The second-order valence-corrected chi connectivity index (χ2v) is 5.39. The molecule has 3 heteroatoms. The van der Waals surface area contributed by atoms with Gasteiger partial charge in [0.2, 0.25) is 0 Å². The van der Waals surface area contributed by atoms with Crippen LogP contribution in [0.25, 0.3) is 10.8 Å². The van der Waals surface area contributed by atoms with Gasteiger partial charge in [-0.1, -0.05) is 69.2 Å². The van der Waals surface area contributed by atoms with Crippen LogP contribution in [-0.2, 0) is 9.31 Å². The quantitative estimate of drug-likeness (QED) is 0.508. The molecular formula is C18H25BO2. The maximum absolute atomic E-state index is 5.94. The molecule has 112 valence electrons. The number of benzene rings is 2. The summed E-state index contributed by atoms with van der Waals surface area (Å²) in [4.78, 5) is 0. The third kappa shape index (κ3) is 4.87. The highest BCUT2D eigenvalue weighted by Crippen LogP contribution is 2.12. The third-order valence-electron chi connectivity index (χ3n) is 3.58. The van der Waals surface area contributed by atoms with Crippen molar-refractivity contribution in [3.63, 3.8) is 0 Å². The van der Waals surface area contributed by atoms with Gasteiger partial charge in [-0.05, 0) is 29.1 Å². The molecule has 0 saturated carbocycles. The van der Waals surface area contributed by atoms with E-state index in [1.807, 2.05) is 0 Å². The molecule has 2 aromatic carbocycles. The summed E-state index contributed by atoms with van der Waals surface area (Å²) in [6.07, 6.45) is 4.42. The van der Waals surface area contributed by atoms with E-state index in [4.69, 9.17) is 9.31 Å². The zero-order chi connectivity index (χ0) is 14.9. The lowest BCUT2D eigenvalue weighted by Crippen LogP contribution is -2.37. The highest BCUT2D eigenvalue weighted by atomic mass is 16.6. The maximum atomic E-state index is 5.94. The molecule has 0 bridgehead atoms. The van der Waals surface area contributed by atoms with Crippen molar-refractivity contribution in [2.45, 2.75) is 39.5 Å². The minimum atomic E-state index is -0.243. The van der Waals surface area contributed by atoms with E-state index in [0.717, 1.165) is 44.4 Å². The molecule has 0 N–H and O–H groups in total. The van der Waals surface area contributed by atoms with E-state index in [0.29, 0.717) is 0 Å². The van der Waals surface area contributed by atoms with E-state index in [-0.39, 0.29) is 7.12 Å². The average molecular weight is 284 g/mol. The van der Waals surface area contributed by atoms with Crippen LogP contribution in [-0.4, -0.2) is 20.3 Å². The van der Waals surface area contributed by atoms with Crippen LogP contribution in [0.4, 0.5) is 0 Å². The van der Waals surface area contributed by atoms with E-state index >= 15 is 0 Å². The smallest absolute Gasteiger partial charge is 0.407 e. The number of hydrogen-bond donors (Lipinski definition) is 0. The summed E-state index contributed by atoms with van der Waals surface area (Å²) >= 11 is 0. The van der Waals surface area contributed by atoms with Crippen LogP contribution < -0.4 is 5.46 Å². The van der Waals surface area contributed by atoms with Gasteiger partial charge < -0.3 is 9.31 Å². The molecule has 0 unspecified atom stereocenters. The Bertz CT molecular complexity index is 531. The first-order chi connectivity index (χ1) is 10.3. The standard InChI is InChI=1S/C18H25BO2/c1-3-5-13-20-19(21-14-6-4-2)18-12-11-16-9-7-8-10-17(16)15-18/h7-12,15H,3-6,13-14H2,1-2H3. The number of rotatable bonds is 9. The van der Waals surface area contributed by atoms with Gasteiger partial charge in [0.05, 0.1) is 0 Å². The molecular weight excluding hydrogens is 259 g/mol. The molecule has 0 aliphatic rings. The van der Waals surface area contributed by atoms with Gasteiger partial charge in [-0.2, -0.15) is 0 Å². The van der Waals surface area contributed by atoms with Crippen molar-refractivity contribution in [2.75, 3.05) is 13.2 Å². The lowest BCUT2D eigenvalue weighted by atomic mass is 9.77. The Morgan fingerprint density at radius 1 is 0.810 bits per heavy atom. The van der Waals surface area contributed by atoms with Gasteiger partial charge in [0.15, 0.2) is 0 Å². The van der Waals surface area contributed by atoms with Crippen molar-refractivity contribution < 1.29 is 9.31 Å². The highest BCUT2D eigenvalue weighted by molar-refractivity contribution is 6.61. The molecule has 0 heterocycles. The first kappa shape index (κ1) is 16.1. The highest BCUT2D eigenvalue weighted by Gasteiger charge is 2.21. The fourth-order valence-corrected chi connectivity index (χ4v) is 2.26. The second-order valence-electron chi connectivity index (χ2n) is 5.39. The summed E-state index contributed by atoms with van der Waals surface area (Å²) in [5, 5.41) is 2.49. The molecule has 0 radical (unpaired) electrons. The Morgan fingerprint density at radius 3 is 2.05 bits per heavy atom. The third-order valence-corrected chi connectivity index (χ3v) is 3.58. The molecule has 0 aromatic heterocycles. The zero-order valence-corrected chi connectivity index (χ0v) is 13.2. The van der Waals surface area contributed by atoms with Gasteiger partial charge in [0.25, 0.3) is 0 Å². The van der Waals surface area contributed by atoms with Crippen molar-refractivity contribution >= 4 is 23.4 Å². The lowest BCUT2D eigenvalue weighted by molar-refractivity contribution is 0.202. The monoisotopic (exact) mass is 284 g/mol. The van der Waals surface area contributed by atoms with E-state index < -0.39 is 0 Å². The predicted octanol–water partition coefficient (Wildman–Crippen LogP) is 4.17. The number of fused-ring (bicyclic) bond motifs is 1. The van der Waals surface area contributed by atoms with Crippen LogP contribution in [0, 0.1) is 0 Å². The summed E-state index contributed by atoms with van der Waals surface area (Å²) in [5.41, 5.74) is 1.11. The number of hydrogen-bond acceptors (Lipinski definition) is 2. The largest absolute Gasteiger partial charge is 0.493 e. The van der Waals surface area contributed by atoms with Crippen molar-refractivity contribution in [3.8, 4) is 0 Å². The van der Waals surface area contributed by atoms with E-state index in [1.54, 1.807) is 0 Å². The van der Waals surface area contributed by atoms with E-state index in [1.165, 1.54) is 10.8 Å². The molecule has 0 amide bonds. The Balaban J connectivity index is 2.11. The maximum Gasteiger partial charge on any atom is 0.493 e. The molecule has 0 fully saturated rings. The molecule has 0 aliphatic carbocycles. The molecule has 0 spiro atoms. The zero-order valence-electron chi connectivity index (χ0n) is 13.2. The summed E-state index contributed by atoms with van der Waals surface area (Å²) in [6, 6.07) is 14.8. The normalized spacial score (nSPS) is 11.0. The fraction of sp³-hybridized carbons (Fsp3) is 0.444. The van der Waals surface area contributed by atoms with Crippen molar-refractivity contribution in [1.82, 2.24) is 0 Å². The Hall–Kier alpha value is -1.32. The predicted molar refractivity (Wildman–Crippen MR) is 91.1 cm³/mol. The Kier molecular flexibility index (Phi) is 6.78. The van der Waals surface area contributed by atoms with Crippen LogP contribution in [0.5, 0.6) is 0 Å². The molecule has 0 atom stereocenters. The number of unbranched alkanes of at least 4 members (excludes halogenated alkanes) is 2.